The molecule has 0 radical (unpaired) electrons. The topological polar surface area (TPSA) is 33.7 Å². The van der Waals surface area contributed by atoms with Crippen molar-refractivity contribution in [3.63, 3.8) is 0 Å². The van der Waals surface area contributed by atoms with E-state index in [2.05, 4.69) is 31.0 Å². The zero-order valence-corrected chi connectivity index (χ0v) is 12.8. The minimum Gasteiger partial charge on any atom is -0.381 e. The maximum Gasteiger partial charge on any atom is 0.0645 e. The van der Waals surface area contributed by atoms with Crippen molar-refractivity contribution < 1.29 is 9.47 Å². The van der Waals surface area contributed by atoms with Crippen molar-refractivity contribution in [2.45, 2.75) is 39.2 Å². The average Bonchev–Trinajstić information content (AvgIpc) is 2.40. The molecule has 0 bridgehead atoms. The summed E-state index contributed by atoms with van der Waals surface area (Å²) in [6.45, 7) is 14.7. The largest absolute Gasteiger partial charge is 0.381 e. The van der Waals surface area contributed by atoms with Crippen LogP contribution in [0.1, 0.15) is 33.6 Å². The Labute approximate surface area is 117 Å². The molecule has 19 heavy (non-hydrogen) atoms. The van der Waals surface area contributed by atoms with E-state index >= 15 is 0 Å². The fourth-order valence-corrected chi connectivity index (χ4v) is 3.17. The lowest BCUT2D eigenvalue weighted by Crippen LogP contribution is -2.58. The Balaban J connectivity index is 2.01. The SMILES string of the molecule is CCNCC1(CN2CCOCC2(C)C)CCOCC1. The van der Waals surface area contributed by atoms with Crippen LogP contribution in [0.2, 0.25) is 0 Å². The molecule has 4 nitrogen and oxygen atoms in total. The lowest BCUT2D eigenvalue weighted by atomic mass is 9.78. The molecule has 2 rings (SSSR count). The van der Waals surface area contributed by atoms with Crippen molar-refractivity contribution in [1.29, 1.82) is 0 Å². The van der Waals surface area contributed by atoms with E-state index in [4.69, 9.17) is 9.47 Å². The first kappa shape index (κ1) is 15.2. The standard InChI is InChI=1S/C15H30N2O2/c1-4-16-11-15(5-8-18-9-6-15)12-17-7-10-19-13-14(17,2)3/h16H,4-13H2,1-3H3. The average molecular weight is 270 g/mol. The predicted molar refractivity (Wildman–Crippen MR) is 77.5 cm³/mol. The van der Waals surface area contributed by atoms with E-state index in [9.17, 15) is 0 Å². The highest BCUT2D eigenvalue weighted by Gasteiger charge is 2.39. The Hall–Kier alpha value is -0.160. The fraction of sp³-hybridized carbons (Fsp3) is 1.00. The molecule has 0 aromatic carbocycles. The first-order valence-corrected chi connectivity index (χ1v) is 7.69. The Morgan fingerprint density at radius 3 is 2.47 bits per heavy atom. The molecule has 0 unspecified atom stereocenters. The predicted octanol–water partition coefficient (Wildman–Crippen LogP) is 1.50. The minimum absolute atomic E-state index is 0.162. The van der Waals surface area contributed by atoms with Gasteiger partial charge in [0.05, 0.1) is 13.2 Å². The van der Waals surface area contributed by atoms with Gasteiger partial charge in [-0.3, -0.25) is 4.90 Å². The molecular weight excluding hydrogens is 240 g/mol. The molecule has 0 aromatic rings. The molecule has 2 fully saturated rings. The summed E-state index contributed by atoms with van der Waals surface area (Å²) in [6, 6.07) is 0. The number of nitrogens with zero attached hydrogens (tertiary/aromatic N) is 1. The Morgan fingerprint density at radius 2 is 1.84 bits per heavy atom. The first-order valence-electron chi connectivity index (χ1n) is 7.69. The van der Waals surface area contributed by atoms with Gasteiger partial charge in [0.25, 0.3) is 0 Å². The smallest absolute Gasteiger partial charge is 0.0645 e. The summed E-state index contributed by atoms with van der Waals surface area (Å²) in [7, 11) is 0. The van der Waals surface area contributed by atoms with E-state index in [1.807, 2.05) is 0 Å². The lowest BCUT2D eigenvalue weighted by molar-refractivity contribution is -0.0845. The maximum atomic E-state index is 5.64. The fourth-order valence-electron chi connectivity index (χ4n) is 3.17. The first-order chi connectivity index (χ1) is 9.08. The number of rotatable bonds is 5. The van der Waals surface area contributed by atoms with Gasteiger partial charge in [-0.2, -0.15) is 0 Å². The van der Waals surface area contributed by atoms with E-state index in [0.717, 1.165) is 46.1 Å². The van der Waals surface area contributed by atoms with Gasteiger partial charge in [0.1, 0.15) is 0 Å². The molecule has 0 aliphatic carbocycles. The molecule has 2 aliphatic rings. The van der Waals surface area contributed by atoms with Crippen molar-refractivity contribution >= 4 is 0 Å². The zero-order valence-electron chi connectivity index (χ0n) is 12.8. The normalized spacial score (nSPS) is 27.3. The quantitative estimate of drug-likeness (QED) is 0.821. The van der Waals surface area contributed by atoms with Gasteiger partial charge in [0, 0.05) is 38.4 Å². The van der Waals surface area contributed by atoms with Crippen LogP contribution in [-0.2, 0) is 9.47 Å². The number of hydrogen-bond acceptors (Lipinski definition) is 4. The molecular formula is C15H30N2O2. The molecule has 0 atom stereocenters. The summed E-state index contributed by atoms with van der Waals surface area (Å²) >= 11 is 0. The van der Waals surface area contributed by atoms with Crippen molar-refractivity contribution in [3.05, 3.63) is 0 Å². The second-order valence-electron chi connectivity index (χ2n) is 6.68. The summed E-state index contributed by atoms with van der Waals surface area (Å²) < 4.78 is 11.2. The van der Waals surface area contributed by atoms with Gasteiger partial charge in [-0.1, -0.05) is 6.92 Å². The Bertz CT molecular complexity index is 275. The van der Waals surface area contributed by atoms with Crippen LogP contribution in [0, 0.1) is 5.41 Å². The molecule has 0 saturated carbocycles. The van der Waals surface area contributed by atoms with Crippen LogP contribution in [0.4, 0.5) is 0 Å². The molecule has 0 amide bonds. The number of nitrogens with one attached hydrogen (secondary N) is 1. The molecule has 2 aliphatic heterocycles. The highest BCUT2D eigenvalue weighted by Crippen LogP contribution is 2.34. The van der Waals surface area contributed by atoms with E-state index < -0.39 is 0 Å². The zero-order chi connectivity index (χ0) is 13.8. The van der Waals surface area contributed by atoms with Gasteiger partial charge < -0.3 is 14.8 Å². The van der Waals surface area contributed by atoms with Crippen LogP contribution >= 0.6 is 0 Å². The summed E-state index contributed by atoms with van der Waals surface area (Å²) in [5.41, 5.74) is 0.540. The van der Waals surface area contributed by atoms with Crippen molar-refractivity contribution in [1.82, 2.24) is 10.2 Å². The van der Waals surface area contributed by atoms with Gasteiger partial charge in [-0.25, -0.2) is 0 Å². The van der Waals surface area contributed by atoms with Gasteiger partial charge >= 0.3 is 0 Å². The highest BCUT2D eigenvalue weighted by molar-refractivity contribution is 4.93. The minimum atomic E-state index is 0.162. The van der Waals surface area contributed by atoms with Crippen LogP contribution in [0.5, 0.6) is 0 Å². The molecule has 112 valence electrons. The lowest BCUT2D eigenvalue weighted by Gasteiger charge is -2.48. The Kier molecular flexibility index (Phi) is 5.23. The molecule has 4 heteroatoms. The van der Waals surface area contributed by atoms with Gasteiger partial charge in [-0.05, 0) is 38.6 Å². The number of morpholine rings is 1. The van der Waals surface area contributed by atoms with Gasteiger partial charge in [-0.15, -0.1) is 0 Å². The maximum absolute atomic E-state index is 5.64. The monoisotopic (exact) mass is 270 g/mol. The molecule has 2 saturated heterocycles. The third-order valence-electron chi connectivity index (χ3n) is 4.65. The summed E-state index contributed by atoms with van der Waals surface area (Å²) in [6.07, 6.45) is 2.35. The van der Waals surface area contributed by atoms with Crippen LogP contribution in [0.25, 0.3) is 0 Å². The van der Waals surface area contributed by atoms with E-state index in [-0.39, 0.29) is 5.54 Å². The van der Waals surface area contributed by atoms with Crippen LogP contribution in [0.3, 0.4) is 0 Å². The number of ether oxygens (including phenoxy) is 2. The van der Waals surface area contributed by atoms with E-state index in [1.54, 1.807) is 0 Å². The third-order valence-corrected chi connectivity index (χ3v) is 4.65. The van der Waals surface area contributed by atoms with Gasteiger partial charge in [0.2, 0.25) is 0 Å². The van der Waals surface area contributed by atoms with Crippen molar-refractivity contribution in [2.75, 3.05) is 52.6 Å². The summed E-state index contributed by atoms with van der Waals surface area (Å²) in [5.74, 6) is 0. The number of hydrogen-bond donors (Lipinski definition) is 1. The second-order valence-corrected chi connectivity index (χ2v) is 6.68. The highest BCUT2D eigenvalue weighted by atomic mass is 16.5. The molecule has 1 N–H and O–H groups in total. The summed E-state index contributed by atoms with van der Waals surface area (Å²) in [5, 5.41) is 3.56. The van der Waals surface area contributed by atoms with E-state index in [0.29, 0.717) is 5.41 Å². The molecule has 0 aromatic heterocycles. The van der Waals surface area contributed by atoms with Crippen LogP contribution in [0.15, 0.2) is 0 Å². The van der Waals surface area contributed by atoms with E-state index in [1.165, 1.54) is 19.4 Å². The summed E-state index contributed by atoms with van der Waals surface area (Å²) in [4.78, 5) is 2.62. The Morgan fingerprint density at radius 1 is 1.11 bits per heavy atom. The van der Waals surface area contributed by atoms with Crippen LogP contribution < -0.4 is 5.32 Å². The van der Waals surface area contributed by atoms with Crippen LogP contribution in [-0.4, -0.2) is 63.0 Å². The molecule has 2 heterocycles. The van der Waals surface area contributed by atoms with Gasteiger partial charge in [0.15, 0.2) is 0 Å². The second kappa shape index (κ2) is 6.53. The van der Waals surface area contributed by atoms with Crippen molar-refractivity contribution in [2.24, 2.45) is 5.41 Å². The van der Waals surface area contributed by atoms with Crippen molar-refractivity contribution in [3.8, 4) is 0 Å². The third kappa shape index (κ3) is 3.91. The molecule has 0 spiro atoms.